The predicted molar refractivity (Wildman–Crippen MR) is 51.7 cm³/mol. The topological polar surface area (TPSA) is 66.4 Å². The number of nitrogens with one attached hydrogen (secondary N) is 1. The molecule has 1 rings (SSSR count). The Hall–Kier alpha value is -1.32. The van der Waals surface area contributed by atoms with Gasteiger partial charge in [-0.15, -0.1) is 6.58 Å². The van der Waals surface area contributed by atoms with Crippen LogP contribution in [-0.2, 0) is 9.59 Å². The van der Waals surface area contributed by atoms with Gasteiger partial charge in [-0.1, -0.05) is 6.08 Å². The fourth-order valence-electron chi connectivity index (χ4n) is 1.42. The van der Waals surface area contributed by atoms with Crippen molar-refractivity contribution >= 4 is 11.9 Å². The second kappa shape index (κ2) is 4.26. The van der Waals surface area contributed by atoms with Gasteiger partial charge < -0.3 is 10.4 Å². The predicted octanol–water partition coefficient (Wildman–Crippen LogP) is 0.788. The molecule has 1 fully saturated rings. The summed E-state index contributed by atoms with van der Waals surface area (Å²) >= 11 is 0. The Morgan fingerprint density at radius 2 is 2.29 bits per heavy atom. The summed E-state index contributed by atoms with van der Waals surface area (Å²) < 4.78 is 0. The first kappa shape index (κ1) is 10.8. The summed E-state index contributed by atoms with van der Waals surface area (Å²) in [5.41, 5.74) is 0. The standard InChI is InChI=1S/C10H15NO3/c1-3-4-6(2)11-9(12)7-5-8(7)10(13)14/h3,6-8H,1,4-5H2,2H3,(H,11,12)(H,13,14)/t6?,7-,8+/m1/s1. The lowest BCUT2D eigenvalue weighted by Crippen LogP contribution is -2.34. The molecule has 14 heavy (non-hydrogen) atoms. The lowest BCUT2D eigenvalue weighted by atomic mass is 10.2. The molecule has 3 atom stereocenters. The van der Waals surface area contributed by atoms with Crippen LogP contribution in [-0.4, -0.2) is 23.0 Å². The zero-order valence-corrected chi connectivity index (χ0v) is 8.19. The van der Waals surface area contributed by atoms with Crippen LogP contribution in [0.5, 0.6) is 0 Å². The van der Waals surface area contributed by atoms with Crippen molar-refractivity contribution in [1.29, 1.82) is 0 Å². The van der Waals surface area contributed by atoms with Crippen molar-refractivity contribution in [3.05, 3.63) is 12.7 Å². The maximum Gasteiger partial charge on any atom is 0.307 e. The molecule has 0 aromatic rings. The van der Waals surface area contributed by atoms with E-state index in [1.807, 2.05) is 6.92 Å². The lowest BCUT2D eigenvalue weighted by Gasteiger charge is -2.10. The Balaban J connectivity index is 2.30. The van der Waals surface area contributed by atoms with Gasteiger partial charge in [-0.2, -0.15) is 0 Å². The van der Waals surface area contributed by atoms with E-state index in [0.717, 1.165) is 0 Å². The first-order chi connectivity index (χ1) is 6.56. The van der Waals surface area contributed by atoms with Gasteiger partial charge in [0.25, 0.3) is 0 Å². The first-order valence-electron chi connectivity index (χ1n) is 4.70. The largest absolute Gasteiger partial charge is 0.481 e. The molecule has 4 heteroatoms. The molecule has 1 aliphatic carbocycles. The maximum absolute atomic E-state index is 11.4. The van der Waals surface area contributed by atoms with Crippen LogP contribution >= 0.6 is 0 Å². The molecule has 2 N–H and O–H groups in total. The SMILES string of the molecule is C=CCC(C)NC(=O)[C@@H]1C[C@@H]1C(=O)O. The van der Waals surface area contributed by atoms with Gasteiger partial charge >= 0.3 is 5.97 Å². The minimum atomic E-state index is -0.874. The number of carbonyl (C=O) groups is 2. The molecule has 1 saturated carbocycles. The minimum absolute atomic E-state index is 0.0371. The number of carbonyl (C=O) groups excluding carboxylic acids is 1. The highest BCUT2D eigenvalue weighted by Crippen LogP contribution is 2.38. The summed E-state index contributed by atoms with van der Waals surface area (Å²) in [7, 11) is 0. The third kappa shape index (κ3) is 2.58. The number of carboxylic acids is 1. The van der Waals surface area contributed by atoms with Crippen molar-refractivity contribution in [3.63, 3.8) is 0 Å². The van der Waals surface area contributed by atoms with E-state index in [1.54, 1.807) is 6.08 Å². The van der Waals surface area contributed by atoms with Crippen LogP contribution in [0.1, 0.15) is 19.8 Å². The quantitative estimate of drug-likeness (QED) is 0.640. The highest BCUT2D eigenvalue weighted by molar-refractivity contribution is 5.89. The fraction of sp³-hybridized carbons (Fsp3) is 0.600. The zero-order valence-electron chi connectivity index (χ0n) is 8.19. The summed E-state index contributed by atoms with van der Waals surface area (Å²) in [5.74, 6) is -1.81. The number of amides is 1. The number of hydrogen-bond acceptors (Lipinski definition) is 2. The molecule has 1 aliphatic rings. The third-order valence-corrected chi connectivity index (χ3v) is 2.35. The molecule has 1 unspecified atom stereocenters. The van der Waals surface area contributed by atoms with Crippen molar-refractivity contribution in [3.8, 4) is 0 Å². The molecule has 0 aromatic heterocycles. The summed E-state index contributed by atoms with van der Waals surface area (Å²) in [6.45, 7) is 5.44. The van der Waals surface area contributed by atoms with Gasteiger partial charge in [0.1, 0.15) is 0 Å². The van der Waals surface area contributed by atoms with Crippen molar-refractivity contribution in [2.45, 2.75) is 25.8 Å². The minimum Gasteiger partial charge on any atom is -0.481 e. The van der Waals surface area contributed by atoms with Gasteiger partial charge in [0.2, 0.25) is 5.91 Å². The van der Waals surface area contributed by atoms with E-state index < -0.39 is 11.9 Å². The molecule has 0 spiro atoms. The average molecular weight is 197 g/mol. The van der Waals surface area contributed by atoms with Crippen LogP contribution in [0.25, 0.3) is 0 Å². The van der Waals surface area contributed by atoms with Crippen molar-refractivity contribution < 1.29 is 14.7 Å². The number of hydrogen-bond donors (Lipinski definition) is 2. The summed E-state index contributed by atoms with van der Waals surface area (Å²) in [4.78, 5) is 21.9. The van der Waals surface area contributed by atoms with Gasteiger partial charge in [-0.05, 0) is 19.8 Å². The van der Waals surface area contributed by atoms with Crippen LogP contribution in [0.3, 0.4) is 0 Å². The maximum atomic E-state index is 11.4. The Morgan fingerprint density at radius 1 is 1.64 bits per heavy atom. The third-order valence-electron chi connectivity index (χ3n) is 2.35. The average Bonchev–Trinajstić information content (AvgIpc) is 2.82. The van der Waals surface area contributed by atoms with Gasteiger partial charge in [-0.25, -0.2) is 0 Å². The molecule has 0 aromatic carbocycles. The van der Waals surface area contributed by atoms with E-state index in [9.17, 15) is 9.59 Å². The zero-order chi connectivity index (χ0) is 10.7. The molecule has 0 saturated heterocycles. The van der Waals surface area contributed by atoms with Gasteiger partial charge in [0.05, 0.1) is 11.8 Å². The molecule has 4 nitrogen and oxygen atoms in total. The smallest absolute Gasteiger partial charge is 0.307 e. The Morgan fingerprint density at radius 3 is 2.71 bits per heavy atom. The molecular weight excluding hydrogens is 182 g/mol. The van der Waals surface area contributed by atoms with Crippen LogP contribution in [0.4, 0.5) is 0 Å². The summed E-state index contributed by atoms with van der Waals surface area (Å²) in [6.07, 6.45) is 2.91. The number of carboxylic acid groups (broad SMARTS) is 1. The van der Waals surface area contributed by atoms with Crippen LogP contribution < -0.4 is 5.32 Å². The summed E-state index contributed by atoms with van der Waals surface area (Å²) in [6, 6.07) is 0.0371. The normalized spacial score (nSPS) is 26.4. The number of rotatable bonds is 5. The van der Waals surface area contributed by atoms with Gasteiger partial charge in [0.15, 0.2) is 0 Å². The van der Waals surface area contributed by atoms with Crippen LogP contribution in [0.2, 0.25) is 0 Å². The highest BCUT2D eigenvalue weighted by atomic mass is 16.4. The van der Waals surface area contributed by atoms with E-state index in [0.29, 0.717) is 12.8 Å². The highest BCUT2D eigenvalue weighted by Gasteiger charge is 2.48. The van der Waals surface area contributed by atoms with E-state index in [-0.39, 0.29) is 17.9 Å². The van der Waals surface area contributed by atoms with Gasteiger partial charge in [0, 0.05) is 6.04 Å². The summed E-state index contributed by atoms with van der Waals surface area (Å²) in [5, 5.41) is 11.4. The molecule has 78 valence electrons. The van der Waals surface area contributed by atoms with E-state index in [2.05, 4.69) is 11.9 Å². The number of aliphatic carboxylic acids is 1. The van der Waals surface area contributed by atoms with Crippen LogP contribution in [0.15, 0.2) is 12.7 Å². The second-order valence-electron chi connectivity index (χ2n) is 3.72. The fourth-order valence-corrected chi connectivity index (χ4v) is 1.42. The van der Waals surface area contributed by atoms with Crippen molar-refractivity contribution in [2.75, 3.05) is 0 Å². The van der Waals surface area contributed by atoms with Crippen molar-refractivity contribution in [2.24, 2.45) is 11.8 Å². The van der Waals surface area contributed by atoms with Crippen molar-refractivity contribution in [1.82, 2.24) is 5.32 Å². The Kier molecular flexibility index (Phi) is 3.28. The Labute approximate surface area is 83.0 Å². The monoisotopic (exact) mass is 197 g/mol. The molecule has 0 bridgehead atoms. The lowest BCUT2D eigenvalue weighted by molar-refractivity contribution is -0.140. The molecule has 0 radical (unpaired) electrons. The molecule has 1 amide bonds. The van der Waals surface area contributed by atoms with E-state index in [1.165, 1.54) is 0 Å². The molecular formula is C10H15NO3. The molecule has 0 heterocycles. The van der Waals surface area contributed by atoms with Crippen LogP contribution in [0, 0.1) is 11.8 Å². The second-order valence-corrected chi connectivity index (χ2v) is 3.72. The Bertz CT molecular complexity index is 262. The van der Waals surface area contributed by atoms with E-state index in [4.69, 9.17) is 5.11 Å². The first-order valence-corrected chi connectivity index (χ1v) is 4.70. The van der Waals surface area contributed by atoms with Gasteiger partial charge in [-0.3, -0.25) is 9.59 Å². The molecule has 0 aliphatic heterocycles. The van der Waals surface area contributed by atoms with E-state index >= 15 is 0 Å².